The highest BCUT2D eigenvalue weighted by atomic mass is 32.1. The lowest BCUT2D eigenvalue weighted by atomic mass is 10.1. The number of ether oxygens (including phenoxy) is 1. The molecule has 0 spiro atoms. The van der Waals surface area contributed by atoms with E-state index in [0.29, 0.717) is 19.0 Å². The lowest BCUT2D eigenvalue weighted by Crippen LogP contribution is -2.43. The van der Waals surface area contributed by atoms with Crippen molar-refractivity contribution in [2.24, 2.45) is 0 Å². The van der Waals surface area contributed by atoms with E-state index in [4.69, 9.17) is 4.74 Å². The predicted molar refractivity (Wildman–Crippen MR) is 78.5 cm³/mol. The van der Waals surface area contributed by atoms with Crippen molar-refractivity contribution in [1.82, 2.24) is 9.97 Å². The Bertz CT molecular complexity index is 617. The van der Waals surface area contributed by atoms with Crippen LogP contribution in [0, 0.1) is 10.1 Å². The summed E-state index contributed by atoms with van der Waals surface area (Å²) in [6.07, 6.45) is 2.49. The first-order chi connectivity index (χ1) is 10.1. The first kappa shape index (κ1) is 13.9. The van der Waals surface area contributed by atoms with Crippen LogP contribution in [0.3, 0.4) is 0 Å². The standard InChI is InChI=1S/C13H14N4O3S/c1-9-6-16(7-12(20-9)10-2-3-21-8-10)13-14-4-11(5-15-13)17(18)19/h2-5,8-9,12H,6-7H2,1H3/t9-,12+/m1/s1. The van der Waals surface area contributed by atoms with Gasteiger partial charge in [-0.1, -0.05) is 0 Å². The van der Waals surface area contributed by atoms with Gasteiger partial charge in [-0.3, -0.25) is 10.1 Å². The van der Waals surface area contributed by atoms with Gasteiger partial charge in [0.05, 0.1) is 17.6 Å². The fourth-order valence-electron chi connectivity index (χ4n) is 2.33. The third-order valence-corrected chi connectivity index (χ3v) is 3.99. The summed E-state index contributed by atoms with van der Waals surface area (Å²) in [6.45, 7) is 3.30. The number of nitro groups is 1. The second kappa shape index (κ2) is 5.74. The van der Waals surface area contributed by atoms with Crippen molar-refractivity contribution >= 4 is 23.0 Å². The Morgan fingerprint density at radius 3 is 2.81 bits per heavy atom. The molecule has 21 heavy (non-hydrogen) atoms. The minimum Gasteiger partial charge on any atom is -0.367 e. The van der Waals surface area contributed by atoms with Crippen molar-refractivity contribution in [3.63, 3.8) is 0 Å². The van der Waals surface area contributed by atoms with E-state index < -0.39 is 4.92 Å². The zero-order valence-corrected chi connectivity index (χ0v) is 12.2. The number of aromatic nitrogens is 2. The number of anilines is 1. The van der Waals surface area contributed by atoms with E-state index in [9.17, 15) is 10.1 Å². The highest BCUT2D eigenvalue weighted by Gasteiger charge is 2.28. The topological polar surface area (TPSA) is 81.4 Å². The Labute approximate surface area is 125 Å². The number of nitrogens with zero attached hydrogens (tertiary/aromatic N) is 4. The third kappa shape index (κ3) is 3.01. The van der Waals surface area contributed by atoms with Crippen molar-refractivity contribution in [1.29, 1.82) is 0 Å². The van der Waals surface area contributed by atoms with Crippen LogP contribution in [0.1, 0.15) is 18.6 Å². The van der Waals surface area contributed by atoms with Crippen molar-refractivity contribution in [2.75, 3.05) is 18.0 Å². The summed E-state index contributed by atoms with van der Waals surface area (Å²) in [7, 11) is 0. The third-order valence-electron chi connectivity index (χ3n) is 3.29. The molecule has 7 nitrogen and oxygen atoms in total. The summed E-state index contributed by atoms with van der Waals surface area (Å²) in [5.74, 6) is 0.496. The van der Waals surface area contributed by atoms with Crippen LogP contribution in [0.2, 0.25) is 0 Å². The fourth-order valence-corrected chi connectivity index (χ4v) is 3.03. The molecular weight excluding hydrogens is 292 g/mol. The fraction of sp³-hybridized carbons (Fsp3) is 0.385. The second-order valence-electron chi connectivity index (χ2n) is 4.90. The van der Waals surface area contributed by atoms with Crippen LogP contribution in [0.25, 0.3) is 0 Å². The van der Waals surface area contributed by atoms with Crippen molar-refractivity contribution in [3.8, 4) is 0 Å². The molecule has 0 amide bonds. The van der Waals surface area contributed by atoms with E-state index in [-0.39, 0.29) is 17.9 Å². The van der Waals surface area contributed by atoms with E-state index in [0.717, 1.165) is 5.56 Å². The van der Waals surface area contributed by atoms with Crippen LogP contribution >= 0.6 is 11.3 Å². The van der Waals surface area contributed by atoms with Crippen molar-refractivity contribution in [3.05, 3.63) is 44.9 Å². The molecule has 3 heterocycles. The number of thiophene rings is 1. The molecule has 1 saturated heterocycles. The monoisotopic (exact) mass is 306 g/mol. The van der Waals surface area contributed by atoms with Gasteiger partial charge >= 0.3 is 5.69 Å². The van der Waals surface area contributed by atoms with E-state index in [1.807, 2.05) is 23.3 Å². The quantitative estimate of drug-likeness (QED) is 0.640. The maximum Gasteiger partial charge on any atom is 0.305 e. The lowest BCUT2D eigenvalue weighted by Gasteiger charge is -2.36. The SMILES string of the molecule is C[C@@H]1CN(c2ncc([N+](=O)[O-])cn2)C[C@@H](c2ccsc2)O1. The van der Waals surface area contributed by atoms with Gasteiger partial charge in [-0.2, -0.15) is 11.3 Å². The second-order valence-corrected chi connectivity index (χ2v) is 5.68. The van der Waals surface area contributed by atoms with Crippen LogP contribution in [-0.4, -0.2) is 34.1 Å². The van der Waals surface area contributed by atoms with Gasteiger partial charge in [0.25, 0.3) is 0 Å². The maximum absolute atomic E-state index is 10.6. The Morgan fingerprint density at radius 1 is 1.43 bits per heavy atom. The smallest absolute Gasteiger partial charge is 0.305 e. The van der Waals surface area contributed by atoms with E-state index in [2.05, 4.69) is 15.3 Å². The molecule has 8 heteroatoms. The molecule has 0 aliphatic carbocycles. The highest BCUT2D eigenvalue weighted by Crippen LogP contribution is 2.28. The van der Waals surface area contributed by atoms with Gasteiger partial charge in [0, 0.05) is 6.54 Å². The zero-order chi connectivity index (χ0) is 14.8. The van der Waals surface area contributed by atoms with Gasteiger partial charge in [0.15, 0.2) is 0 Å². The molecule has 3 rings (SSSR count). The molecule has 2 aromatic heterocycles. The van der Waals surface area contributed by atoms with Crippen LogP contribution in [0.15, 0.2) is 29.2 Å². The molecule has 0 unspecified atom stereocenters. The summed E-state index contributed by atoms with van der Waals surface area (Å²) in [5.41, 5.74) is 1.04. The van der Waals surface area contributed by atoms with Gasteiger partial charge < -0.3 is 9.64 Å². The van der Waals surface area contributed by atoms with Gasteiger partial charge in [-0.05, 0) is 29.3 Å². The normalized spacial score (nSPS) is 22.2. The zero-order valence-electron chi connectivity index (χ0n) is 11.4. The molecule has 1 aliphatic rings. The van der Waals surface area contributed by atoms with Crippen LogP contribution in [-0.2, 0) is 4.74 Å². The Hall–Kier alpha value is -2.06. The van der Waals surface area contributed by atoms with E-state index >= 15 is 0 Å². The predicted octanol–water partition coefficient (Wildman–Crippen LogP) is 2.41. The number of hydrogen-bond acceptors (Lipinski definition) is 7. The van der Waals surface area contributed by atoms with Gasteiger partial charge in [0.1, 0.15) is 18.5 Å². The van der Waals surface area contributed by atoms with Crippen LogP contribution < -0.4 is 4.90 Å². The van der Waals surface area contributed by atoms with Crippen molar-refractivity contribution in [2.45, 2.75) is 19.1 Å². The first-order valence-electron chi connectivity index (χ1n) is 6.52. The molecule has 1 aliphatic heterocycles. The van der Waals surface area contributed by atoms with Crippen LogP contribution in [0.5, 0.6) is 0 Å². The van der Waals surface area contributed by atoms with Gasteiger partial charge in [-0.15, -0.1) is 0 Å². The summed E-state index contributed by atoms with van der Waals surface area (Å²) in [5, 5.41) is 14.7. The summed E-state index contributed by atoms with van der Waals surface area (Å²) < 4.78 is 5.95. The molecular formula is C13H14N4O3S. The molecule has 2 aromatic rings. The number of morpholine rings is 1. The molecule has 0 N–H and O–H groups in total. The van der Waals surface area contributed by atoms with Gasteiger partial charge in [0.2, 0.25) is 5.95 Å². The Kier molecular flexibility index (Phi) is 3.80. The Balaban J connectivity index is 1.79. The molecule has 110 valence electrons. The minimum atomic E-state index is -0.500. The first-order valence-corrected chi connectivity index (χ1v) is 7.46. The summed E-state index contributed by atoms with van der Waals surface area (Å²) in [4.78, 5) is 20.3. The molecule has 0 aromatic carbocycles. The minimum absolute atomic E-state index is 0.0289. The van der Waals surface area contributed by atoms with Gasteiger partial charge in [-0.25, -0.2) is 9.97 Å². The highest BCUT2D eigenvalue weighted by molar-refractivity contribution is 7.07. The van der Waals surface area contributed by atoms with E-state index in [1.54, 1.807) is 11.3 Å². The average molecular weight is 306 g/mol. The maximum atomic E-state index is 10.6. The summed E-state index contributed by atoms with van der Waals surface area (Å²) >= 11 is 1.63. The van der Waals surface area contributed by atoms with E-state index in [1.165, 1.54) is 12.4 Å². The molecule has 0 radical (unpaired) electrons. The number of hydrogen-bond donors (Lipinski definition) is 0. The summed E-state index contributed by atoms with van der Waals surface area (Å²) in [6, 6.07) is 2.04. The Morgan fingerprint density at radius 2 is 2.19 bits per heavy atom. The van der Waals surface area contributed by atoms with Crippen LogP contribution in [0.4, 0.5) is 11.6 Å². The largest absolute Gasteiger partial charge is 0.367 e. The number of rotatable bonds is 3. The molecule has 0 saturated carbocycles. The molecule has 2 atom stereocenters. The molecule has 1 fully saturated rings. The van der Waals surface area contributed by atoms with Crippen molar-refractivity contribution < 1.29 is 9.66 Å². The lowest BCUT2D eigenvalue weighted by molar-refractivity contribution is -0.385. The average Bonchev–Trinajstić information content (AvgIpc) is 3.01. The molecule has 0 bridgehead atoms.